The van der Waals surface area contributed by atoms with Gasteiger partial charge in [-0.3, -0.25) is 9.59 Å². The molecule has 0 radical (unpaired) electrons. The first kappa shape index (κ1) is 17.8. The van der Waals surface area contributed by atoms with Crippen LogP contribution in [0.5, 0.6) is 0 Å². The van der Waals surface area contributed by atoms with Gasteiger partial charge in [-0.1, -0.05) is 25.3 Å². The first-order valence-corrected chi connectivity index (χ1v) is 9.58. The number of carbonyl (C=O) groups is 2. The smallest absolute Gasteiger partial charge is 0.245 e. The molecule has 1 aromatic rings. The summed E-state index contributed by atoms with van der Waals surface area (Å²) in [5.41, 5.74) is 2.89. The number of nitrogens with zero attached hydrogens (tertiary/aromatic N) is 1. The van der Waals surface area contributed by atoms with E-state index in [-0.39, 0.29) is 17.9 Å². The summed E-state index contributed by atoms with van der Waals surface area (Å²) in [6.45, 7) is 4.75. The van der Waals surface area contributed by atoms with E-state index in [1.54, 1.807) is 0 Å². The van der Waals surface area contributed by atoms with Crippen LogP contribution in [0.4, 0.5) is 11.4 Å². The van der Waals surface area contributed by atoms with Crippen molar-refractivity contribution in [2.75, 3.05) is 17.2 Å². The Morgan fingerprint density at radius 3 is 2.76 bits per heavy atom. The standard InChI is InChI=1S/C20H29N3O2/c1-3-23(17-7-5-4-6-8-17)20(25)14(2)21-16-11-9-15-10-12-19(24)22-18(15)13-16/h9,11,13-14,17,21H,3-8,10,12H2,1-2H3,(H,22,24)/t14-/m1/s1. The fraction of sp³-hybridized carbons (Fsp3) is 0.600. The third kappa shape index (κ3) is 4.14. The van der Waals surface area contributed by atoms with E-state index >= 15 is 0 Å². The molecule has 0 aromatic heterocycles. The highest BCUT2D eigenvalue weighted by Gasteiger charge is 2.27. The topological polar surface area (TPSA) is 61.4 Å². The molecule has 0 saturated heterocycles. The molecule has 1 aromatic carbocycles. The van der Waals surface area contributed by atoms with E-state index in [0.717, 1.165) is 42.7 Å². The Labute approximate surface area is 150 Å². The van der Waals surface area contributed by atoms with E-state index < -0.39 is 0 Å². The maximum Gasteiger partial charge on any atom is 0.245 e. The third-order valence-corrected chi connectivity index (χ3v) is 5.40. The van der Waals surface area contributed by atoms with Gasteiger partial charge in [-0.05, 0) is 50.8 Å². The molecule has 25 heavy (non-hydrogen) atoms. The molecule has 0 bridgehead atoms. The Bertz CT molecular complexity index is 638. The number of likely N-dealkylation sites (N-methyl/N-ethyl adjacent to an activating group) is 1. The van der Waals surface area contributed by atoms with Gasteiger partial charge in [0.2, 0.25) is 11.8 Å². The average Bonchev–Trinajstić information content (AvgIpc) is 2.62. The molecule has 2 aliphatic rings. The summed E-state index contributed by atoms with van der Waals surface area (Å²) >= 11 is 0. The van der Waals surface area contributed by atoms with E-state index in [9.17, 15) is 9.59 Å². The summed E-state index contributed by atoms with van der Waals surface area (Å²) in [4.78, 5) is 26.5. The third-order valence-electron chi connectivity index (χ3n) is 5.40. The molecular formula is C20H29N3O2. The van der Waals surface area contributed by atoms with Crippen molar-refractivity contribution in [2.24, 2.45) is 0 Å². The van der Waals surface area contributed by atoms with Crippen molar-refractivity contribution in [3.05, 3.63) is 23.8 Å². The molecule has 0 spiro atoms. The molecule has 1 heterocycles. The van der Waals surface area contributed by atoms with Gasteiger partial charge < -0.3 is 15.5 Å². The normalized spacial score (nSPS) is 18.9. The summed E-state index contributed by atoms with van der Waals surface area (Å²) < 4.78 is 0. The molecule has 1 saturated carbocycles. The van der Waals surface area contributed by atoms with E-state index in [2.05, 4.69) is 17.6 Å². The van der Waals surface area contributed by atoms with Crippen LogP contribution in [0.2, 0.25) is 0 Å². The van der Waals surface area contributed by atoms with Crippen LogP contribution in [-0.4, -0.2) is 35.3 Å². The van der Waals surface area contributed by atoms with Crippen LogP contribution < -0.4 is 10.6 Å². The van der Waals surface area contributed by atoms with Gasteiger partial charge in [0.05, 0.1) is 0 Å². The average molecular weight is 343 g/mol. The van der Waals surface area contributed by atoms with Crippen molar-refractivity contribution in [1.82, 2.24) is 4.90 Å². The zero-order chi connectivity index (χ0) is 17.8. The molecule has 0 unspecified atom stereocenters. The second kappa shape index (κ2) is 7.89. The number of benzene rings is 1. The maximum atomic E-state index is 12.9. The number of amides is 2. The van der Waals surface area contributed by atoms with Crippen LogP contribution in [0.25, 0.3) is 0 Å². The lowest BCUT2D eigenvalue weighted by Crippen LogP contribution is -2.47. The highest BCUT2D eigenvalue weighted by Crippen LogP contribution is 2.27. The summed E-state index contributed by atoms with van der Waals surface area (Å²) in [5, 5.41) is 6.23. The molecule has 2 N–H and O–H groups in total. The summed E-state index contributed by atoms with van der Waals surface area (Å²) in [7, 11) is 0. The lowest BCUT2D eigenvalue weighted by Gasteiger charge is -2.35. The first-order valence-electron chi connectivity index (χ1n) is 9.58. The van der Waals surface area contributed by atoms with Crippen molar-refractivity contribution in [3.63, 3.8) is 0 Å². The van der Waals surface area contributed by atoms with Crippen LogP contribution in [0.15, 0.2) is 18.2 Å². The second-order valence-electron chi connectivity index (χ2n) is 7.20. The van der Waals surface area contributed by atoms with Gasteiger partial charge in [-0.15, -0.1) is 0 Å². The highest BCUT2D eigenvalue weighted by atomic mass is 16.2. The van der Waals surface area contributed by atoms with E-state index in [1.807, 2.05) is 30.0 Å². The molecular weight excluding hydrogens is 314 g/mol. The molecule has 1 fully saturated rings. The summed E-state index contributed by atoms with van der Waals surface area (Å²) in [6.07, 6.45) is 7.30. The Hall–Kier alpha value is -2.04. The minimum absolute atomic E-state index is 0.0585. The van der Waals surface area contributed by atoms with Gasteiger partial charge in [0, 0.05) is 30.4 Å². The van der Waals surface area contributed by atoms with Crippen LogP contribution >= 0.6 is 0 Å². The van der Waals surface area contributed by atoms with Gasteiger partial charge in [-0.2, -0.15) is 0 Å². The molecule has 1 aliphatic carbocycles. The number of fused-ring (bicyclic) bond motifs is 1. The summed E-state index contributed by atoms with van der Waals surface area (Å²) in [5.74, 6) is 0.222. The molecule has 1 aliphatic heterocycles. The Balaban J connectivity index is 1.66. The Kier molecular flexibility index (Phi) is 5.61. The number of hydrogen-bond acceptors (Lipinski definition) is 3. The number of rotatable bonds is 5. The zero-order valence-corrected chi connectivity index (χ0v) is 15.3. The molecule has 5 nitrogen and oxygen atoms in total. The predicted octanol–water partition coefficient (Wildman–Crippen LogP) is 3.55. The molecule has 2 amide bonds. The van der Waals surface area contributed by atoms with Crippen molar-refractivity contribution in [3.8, 4) is 0 Å². The van der Waals surface area contributed by atoms with Crippen molar-refractivity contribution in [1.29, 1.82) is 0 Å². The Morgan fingerprint density at radius 2 is 2.04 bits per heavy atom. The fourth-order valence-corrected chi connectivity index (χ4v) is 4.01. The fourth-order valence-electron chi connectivity index (χ4n) is 4.01. The highest BCUT2D eigenvalue weighted by molar-refractivity contribution is 5.94. The SMILES string of the molecule is CCN(C(=O)[C@@H](C)Nc1ccc2c(c1)NC(=O)CC2)C1CCCCC1. The molecule has 5 heteroatoms. The minimum Gasteiger partial charge on any atom is -0.374 e. The number of anilines is 2. The van der Waals surface area contributed by atoms with E-state index in [4.69, 9.17) is 0 Å². The quantitative estimate of drug-likeness (QED) is 0.859. The van der Waals surface area contributed by atoms with Crippen molar-refractivity contribution in [2.45, 2.75) is 70.9 Å². The van der Waals surface area contributed by atoms with Crippen LogP contribution in [0.3, 0.4) is 0 Å². The van der Waals surface area contributed by atoms with Gasteiger partial charge in [0.1, 0.15) is 6.04 Å². The van der Waals surface area contributed by atoms with Crippen molar-refractivity contribution < 1.29 is 9.59 Å². The van der Waals surface area contributed by atoms with Gasteiger partial charge in [0.15, 0.2) is 0 Å². The second-order valence-corrected chi connectivity index (χ2v) is 7.20. The monoisotopic (exact) mass is 343 g/mol. The largest absolute Gasteiger partial charge is 0.374 e. The number of carbonyl (C=O) groups excluding carboxylic acids is 2. The zero-order valence-electron chi connectivity index (χ0n) is 15.3. The predicted molar refractivity (Wildman–Crippen MR) is 101 cm³/mol. The van der Waals surface area contributed by atoms with E-state index in [1.165, 1.54) is 19.3 Å². The summed E-state index contributed by atoms with van der Waals surface area (Å²) in [6, 6.07) is 6.08. The molecule has 3 rings (SSSR count). The lowest BCUT2D eigenvalue weighted by atomic mass is 9.94. The van der Waals surface area contributed by atoms with Gasteiger partial charge in [0.25, 0.3) is 0 Å². The first-order chi connectivity index (χ1) is 12.1. The number of nitrogens with one attached hydrogen (secondary N) is 2. The van der Waals surface area contributed by atoms with Gasteiger partial charge >= 0.3 is 0 Å². The van der Waals surface area contributed by atoms with Crippen LogP contribution in [0.1, 0.15) is 57.9 Å². The Morgan fingerprint density at radius 1 is 1.28 bits per heavy atom. The number of aryl methyl sites for hydroxylation is 1. The molecule has 136 valence electrons. The van der Waals surface area contributed by atoms with E-state index in [0.29, 0.717) is 12.5 Å². The van der Waals surface area contributed by atoms with Crippen molar-refractivity contribution >= 4 is 23.2 Å². The van der Waals surface area contributed by atoms with Crippen LogP contribution in [-0.2, 0) is 16.0 Å². The van der Waals surface area contributed by atoms with Gasteiger partial charge in [-0.25, -0.2) is 0 Å². The minimum atomic E-state index is -0.279. The van der Waals surface area contributed by atoms with Crippen LogP contribution in [0, 0.1) is 0 Å². The molecule has 1 atom stereocenters. The number of hydrogen-bond donors (Lipinski definition) is 2. The lowest BCUT2D eigenvalue weighted by molar-refractivity contribution is -0.134. The maximum absolute atomic E-state index is 12.9.